The Labute approximate surface area is 292 Å². The minimum atomic E-state index is -3.71. The van der Waals surface area contributed by atoms with E-state index in [4.69, 9.17) is 5.73 Å². The largest absolute Gasteiger partial charge is 0.341 e. The van der Waals surface area contributed by atoms with Crippen LogP contribution in [0.5, 0.6) is 0 Å². The first kappa shape index (κ1) is 34.9. The number of rotatable bonds is 9. The maximum absolute atomic E-state index is 13.2. The molecule has 0 aromatic heterocycles. The number of aryl methyl sites for hydroxylation is 1. The molecule has 1 unspecified atom stereocenters. The molecule has 0 aliphatic carbocycles. The van der Waals surface area contributed by atoms with Crippen LogP contribution in [0.3, 0.4) is 0 Å². The SMILES string of the molecule is Cc1ccc(S(=O)(=O)Nc2ccc(C[C@H](N)C(=O)N3CCC(CCC#Cc4cccc5c4CN(C4CCC(=O)NC4=O)C5=O)CC3)cc2)cc1. The van der Waals surface area contributed by atoms with Gasteiger partial charge in [0, 0.05) is 49.3 Å². The molecule has 3 heterocycles. The molecule has 2 atom stereocenters. The quantitative estimate of drug-likeness (QED) is 0.228. The lowest BCUT2D eigenvalue weighted by Gasteiger charge is -2.33. The highest BCUT2D eigenvalue weighted by atomic mass is 32.2. The Hall–Kier alpha value is -4.99. The number of carbonyl (C=O) groups is 4. The highest BCUT2D eigenvalue weighted by Gasteiger charge is 2.39. The highest BCUT2D eigenvalue weighted by molar-refractivity contribution is 7.92. The second-order valence-electron chi connectivity index (χ2n) is 13.3. The number of carbonyl (C=O) groups excluding carboxylic acids is 4. The van der Waals surface area contributed by atoms with E-state index in [1.54, 1.807) is 60.7 Å². The predicted molar refractivity (Wildman–Crippen MR) is 188 cm³/mol. The summed E-state index contributed by atoms with van der Waals surface area (Å²) in [7, 11) is -3.71. The second-order valence-corrected chi connectivity index (χ2v) is 14.9. The van der Waals surface area contributed by atoms with Crippen molar-refractivity contribution in [2.24, 2.45) is 11.7 Å². The first-order valence-corrected chi connectivity index (χ1v) is 18.4. The summed E-state index contributed by atoms with van der Waals surface area (Å²) in [5.74, 6) is 5.89. The third-order valence-electron chi connectivity index (χ3n) is 9.72. The molecule has 3 aliphatic rings. The van der Waals surface area contributed by atoms with Crippen molar-refractivity contribution in [2.45, 2.75) is 75.4 Å². The third kappa shape index (κ3) is 7.90. The van der Waals surface area contributed by atoms with Crippen LogP contribution in [0.15, 0.2) is 71.6 Å². The van der Waals surface area contributed by atoms with Gasteiger partial charge in [-0.1, -0.05) is 47.7 Å². The molecule has 260 valence electrons. The molecule has 0 radical (unpaired) electrons. The standard InChI is InChI=1S/C38H41N5O6S/c1-25-9-15-30(16-10-25)50(48,49)41-29-13-11-27(12-14-29)23-33(39)38(47)42-21-19-26(20-22-42)5-2-3-6-28-7-4-8-31-32(28)24-43(37(31)46)34-17-18-35(44)40-36(34)45/h4,7-16,26,33-34,41H,2,5,17-24,39H2,1H3,(H,40,44,45)/t33-,34?/m0/s1. The number of likely N-dealkylation sites (tertiary alicyclic amines) is 1. The maximum Gasteiger partial charge on any atom is 0.261 e. The van der Waals surface area contributed by atoms with E-state index in [9.17, 15) is 27.6 Å². The van der Waals surface area contributed by atoms with Crippen LogP contribution in [0.2, 0.25) is 0 Å². The van der Waals surface area contributed by atoms with Gasteiger partial charge in [-0.2, -0.15) is 0 Å². The summed E-state index contributed by atoms with van der Waals surface area (Å²) < 4.78 is 28.0. The van der Waals surface area contributed by atoms with Gasteiger partial charge in [-0.05, 0) is 92.5 Å². The number of nitrogens with two attached hydrogens (primary N) is 1. The molecule has 0 spiro atoms. The maximum atomic E-state index is 13.2. The summed E-state index contributed by atoms with van der Waals surface area (Å²) in [4.78, 5) is 53.7. The normalized spacial score (nSPS) is 18.6. The molecular formula is C38H41N5O6S. The molecule has 0 saturated carbocycles. The fourth-order valence-corrected chi connectivity index (χ4v) is 7.85. The van der Waals surface area contributed by atoms with Crippen molar-refractivity contribution in [3.63, 3.8) is 0 Å². The number of amides is 4. The number of nitrogens with zero attached hydrogens (tertiary/aromatic N) is 2. The van der Waals surface area contributed by atoms with Crippen molar-refractivity contribution in [1.29, 1.82) is 0 Å². The van der Waals surface area contributed by atoms with E-state index in [1.807, 2.05) is 17.9 Å². The lowest BCUT2D eigenvalue weighted by molar-refractivity contribution is -0.137. The van der Waals surface area contributed by atoms with Gasteiger partial charge in [0.25, 0.3) is 15.9 Å². The van der Waals surface area contributed by atoms with Gasteiger partial charge in [-0.25, -0.2) is 8.42 Å². The van der Waals surface area contributed by atoms with Crippen molar-refractivity contribution in [1.82, 2.24) is 15.1 Å². The van der Waals surface area contributed by atoms with Crippen molar-refractivity contribution >= 4 is 39.3 Å². The summed E-state index contributed by atoms with van der Waals surface area (Å²) in [5, 5.41) is 2.33. The van der Waals surface area contributed by atoms with E-state index in [0.717, 1.165) is 41.5 Å². The summed E-state index contributed by atoms with van der Waals surface area (Å²) in [5.41, 5.74) is 10.7. The minimum absolute atomic E-state index is 0.0915. The molecule has 4 amide bonds. The van der Waals surface area contributed by atoms with Crippen LogP contribution in [0.4, 0.5) is 5.69 Å². The highest BCUT2D eigenvalue weighted by Crippen LogP contribution is 2.30. The number of fused-ring (bicyclic) bond motifs is 1. The first-order valence-electron chi connectivity index (χ1n) is 17.0. The predicted octanol–water partition coefficient (Wildman–Crippen LogP) is 3.50. The van der Waals surface area contributed by atoms with Crippen LogP contribution >= 0.6 is 0 Å². The summed E-state index contributed by atoms with van der Waals surface area (Å²) in [6, 6.07) is 17.6. The number of sulfonamides is 1. The van der Waals surface area contributed by atoms with Gasteiger partial charge in [0.1, 0.15) is 6.04 Å². The summed E-state index contributed by atoms with van der Waals surface area (Å²) >= 11 is 0. The molecule has 3 aromatic rings. The van der Waals surface area contributed by atoms with Crippen molar-refractivity contribution in [3.8, 4) is 11.8 Å². The van der Waals surface area contributed by atoms with Crippen LogP contribution in [0.1, 0.15) is 71.1 Å². The Bertz CT molecular complexity index is 1960. The van der Waals surface area contributed by atoms with E-state index in [1.165, 1.54) is 4.90 Å². The Kier molecular flexibility index (Phi) is 10.4. The molecule has 11 nitrogen and oxygen atoms in total. The molecule has 2 fully saturated rings. The summed E-state index contributed by atoms with van der Waals surface area (Å²) in [6.07, 6.45) is 4.20. The van der Waals surface area contributed by atoms with Crippen LogP contribution < -0.4 is 15.8 Å². The lowest BCUT2D eigenvalue weighted by Crippen LogP contribution is -2.52. The zero-order valence-corrected chi connectivity index (χ0v) is 28.8. The Balaban J connectivity index is 0.949. The number of benzene rings is 3. The number of hydrogen-bond acceptors (Lipinski definition) is 7. The van der Waals surface area contributed by atoms with Gasteiger partial charge in [-0.3, -0.25) is 29.2 Å². The van der Waals surface area contributed by atoms with E-state index >= 15 is 0 Å². The van der Waals surface area contributed by atoms with Gasteiger partial charge in [0.2, 0.25) is 17.7 Å². The zero-order chi connectivity index (χ0) is 35.4. The van der Waals surface area contributed by atoms with Crippen molar-refractivity contribution < 1.29 is 27.6 Å². The molecular weight excluding hydrogens is 655 g/mol. The van der Waals surface area contributed by atoms with E-state index in [-0.39, 0.29) is 29.0 Å². The topological polar surface area (TPSA) is 159 Å². The molecule has 6 rings (SSSR count). The first-order chi connectivity index (χ1) is 24.0. The number of hydrogen-bond donors (Lipinski definition) is 3. The summed E-state index contributed by atoms with van der Waals surface area (Å²) in [6.45, 7) is 3.45. The van der Waals surface area contributed by atoms with Crippen LogP contribution in [-0.2, 0) is 37.4 Å². The number of anilines is 1. The van der Waals surface area contributed by atoms with Crippen molar-refractivity contribution in [2.75, 3.05) is 17.8 Å². The fourth-order valence-electron chi connectivity index (χ4n) is 6.79. The molecule has 12 heteroatoms. The second kappa shape index (κ2) is 14.9. The molecule has 3 aliphatic heterocycles. The smallest absolute Gasteiger partial charge is 0.261 e. The molecule has 2 saturated heterocycles. The number of nitrogens with one attached hydrogen (secondary N) is 2. The van der Waals surface area contributed by atoms with Gasteiger partial charge in [-0.15, -0.1) is 0 Å². The Morgan fingerprint density at radius 3 is 2.42 bits per heavy atom. The average molecular weight is 696 g/mol. The Morgan fingerprint density at radius 2 is 1.72 bits per heavy atom. The van der Waals surface area contributed by atoms with Crippen LogP contribution in [-0.4, -0.2) is 67.0 Å². The molecule has 0 bridgehead atoms. The molecule has 3 aromatic carbocycles. The van der Waals surface area contributed by atoms with Gasteiger partial charge < -0.3 is 15.5 Å². The lowest BCUT2D eigenvalue weighted by atomic mass is 9.91. The van der Waals surface area contributed by atoms with Crippen LogP contribution in [0, 0.1) is 24.7 Å². The molecule has 50 heavy (non-hydrogen) atoms. The van der Waals surface area contributed by atoms with Gasteiger partial charge >= 0.3 is 0 Å². The van der Waals surface area contributed by atoms with Crippen molar-refractivity contribution in [3.05, 3.63) is 94.5 Å². The zero-order valence-electron chi connectivity index (χ0n) is 28.0. The van der Waals surface area contributed by atoms with Gasteiger partial charge in [0.15, 0.2) is 0 Å². The van der Waals surface area contributed by atoms with Crippen LogP contribution in [0.25, 0.3) is 0 Å². The van der Waals surface area contributed by atoms with E-state index in [2.05, 4.69) is 21.9 Å². The minimum Gasteiger partial charge on any atom is -0.341 e. The number of imide groups is 1. The molecule has 4 N–H and O–H groups in total. The monoisotopic (exact) mass is 695 g/mol. The fraction of sp³-hybridized carbons (Fsp3) is 0.368. The number of piperidine rings is 2. The Morgan fingerprint density at radius 1 is 1.00 bits per heavy atom. The third-order valence-corrected chi connectivity index (χ3v) is 11.1. The van der Waals surface area contributed by atoms with Gasteiger partial charge in [0.05, 0.1) is 10.9 Å². The van der Waals surface area contributed by atoms with E-state index in [0.29, 0.717) is 56.1 Å². The van der Waals surface area contributed by atoms with E-state index < -0.39 is 28.0 Å². The average Bonchev–Trinajstić information content (AvgIpc) is 3.44.